The van der Waals surface area contributed by atoms with E-state index in [1.54, 1.807) is 18.2 Å². The number of benzene rings is 3. The van der Waals surface area contributed by atoms with Gasteiger partial charge in [-0.2, -0.15) is 0 Å². The zero-order chi connectivity index (χ0) is 61.9. The summed E-state index contributed by atoms with van der Waals surface area (Å²) in [7, 11) is 0. The van der Waals surface area contributed by atoms with Crippen molar-refractivity contribution < 1.29 is 221 Å². The Morgan fingerprint density at radius 3 is 0.839 bits per heavy atom. The molecule has 0 bridgehead atoms. The van der Waals surface area contributed by atoms with Gasteiger partial charge in [-0.3, -0.25) is 28.8 Å². The van der Waals surface area contributed by atoms with Crippen LogP contribution in [0.3, 0.4) is 0 Å². The number of nitrogens with two attached hydrogens (primary N) is 3. The van der Waals surface area contributed by atoms with Crippen molar-refractivity contribution in [2.24, 2.45) is 17.2 Å². The van der Waals surface area contributed by atoms with E-state index in [0.29, 0.717) is 16.7 Å². The van der Waals surface area contributed by atoms with Crippen LogP contribution in [0.5, 0.6) is 34.5 Å². The first-order valence-electron chi connectivity index (χ1n) is 26.1. The minimum atomic E-state index is -3.14. The molecule has 39 heteroatoms. The number of aliphatic carboxylic acids is 3. The standard InChI is InChI=1S/3C16H20BN2O9.3Na/c3*18-10(5-12(20)21)15(22)19-6-9(7-19)27-11-2-1-8-3-4-17(25,26)28-14(8)13(11)16(23)24;;;/h3*1-2,9-10,25-26H,3-7,18H2,(H,20,21)(H,23,24);;;/q3*-1;3*+1/t3*10-;;;/m000.../s1. The first-order valence-corrected chi connectivity index (χ1v) is 26.1. The van der Waals surface area contributed by atoms with Gasteiger partial charge in [-0.1, -0.05) is 37.2 Å². The smallest absolute Gasteiger partial charge is 0.669 e. The monoisotopic (exact) mass is 1250 g/mol. The molecule has 0 aliphatic carbocycles. The zero-order valence-corrected chi connectivity index (χ0v) is 53.3. The van der Waals surface area contributed by atoms with Gasteiger partial charge < -0.3 is 121 Å². The van der Waals surface area contributed by atoms with E-state index in [4.69, 9.17) is 60.7 Å². The number of hydrogen-bond acceptors (Lipinski definition) is 24. The SMILES string of the molecule is N[C@@H](CC(=O)O)C(=O)N1CC(Oc2ccc3c(c2C(=O)O)O[B-](O)(O)CC3)C1.N[C@@H](CC(=O)O)C(=O)N1CC(Oc2ccc3c(c2C(=O)O)O[B-](O)(O)CC3)C1.N[C@@H](CC(=O)O)C(=O)N1CC(Oc2ccc3c(c2C(=O)O)O[B-](O)(O)CC3)C1.[Na+].[Na+].[Na+]. The second-order valence-corrected chi connectivity index (χ2v) is 20.8. The minimum Gasteiger partial charge on any atom is -0.669 e. The van der Waals surface area contributed by atoms with E-state index >= 15 is 0 Å². The number of carboxylic acids is 6. The van der Waals surface area contributed by atoms with Crippen LogP contribution in [0.1, 0.15) is 67.0 Å². The van der Waals surface area contributed by atoms with Crippen LogP contribution in [0, 0.1) is 0 Å². The zero-order valence-electron chi connectivity index (χ0n) is 47.3. The molecule has 0 saturated carbocycles. The second kappa shape index (κ2) is 30.4. The summed E-state index contributed by atoms with van der Waals surface area (Å²) >= 11 is 0. The number of hydrogen-bond donors (Lipinski definition) is 15. The molecule has 0 radical (unpaired) electrons. The molecule has 18 N–H and O–H groups in total. The first-order chi connectivity index (χ1) is 39.2. The van der Waals surface area contributed by atoms with Crippen molar-refractivity contribution >= 4 is 73.8 Å². The summed E-state index contributed by atoms with van der Waals surface area (Å²) in [6, 6.07) is 5.68. The molecule has 3 aromatic carbocycles. The maximum Gasteiger partial charge on any atom is 1.00 e. The van der Waals surface area contributed by atoms with E-state index in [1.807, 2.05) is 0 Å². The van der Waals surface area contributed by atoms with E-state index in [2.05, 4.69) is 0 Å². The van der Waals surface area contributed by atoms with Crippen molar-refractivity contribution in [2.75, 3.05) is 39.3 Å². The quantitative estimate of drug-likeness (QED) is 0.0526. The van der Waals surface area contributed by atoms with Gasteiger partial charge in [0.1, 0.15) is 52.3 Å². The Bertz CT molecular complexity index is 2810. The second-order valence-electron chi connectivity index (χ2n) is 20.8. The van der Waals surface area contributed by atoms with Gasteiger partial charge in [0, 0.05) is 0 Å². The molecule has 3 amide bonds. The molecule has 0 spiro atoms. The fraction of sp³-hybridized carbons (Fsp3) is 0.438. The molecule has 3 saturated heterocycles. The number of aryl methyl sites for hydroxylation is 3. The molecule has 6 heterocycles. The molecular weight excluding hydrogens is 1190 g/mol. The van der Waals surface area contributed by atoms with Crippen molar-refractivity contribution in [3.05, 3.63) is 69.8 Å². The average molecular weight is 1250 g/mol. The van der Waals surface area contributed by atoms with E-state index < -0.39 is 130 Å². The van der Waals surface area contributed by atoms with Crippen molar-refractivity contribution in [2.45, 2.75) is 93.9 Å². The van der Waals surface area contributed by atoms with Gasteiger partial charge in [0.2, 0.25) is 17.7 Å². The molecule has 456 valence electrons. The van der Waals surface area contributed by atoms with E-state index in [1.165, 1.54) is 32.9 Å². The number of fused-ring (bicyclic) bond motifs is 3. The molecule has 87 heavy (non-hydrogen) atoms. The Morgan fingerprint density at radius 1 is 0.425 bits per heavy atom. The summed E-state index contributed by atoms with van der Waals surface area (Å²) in [5, 5.41) is 113. The third kappa shape index (κ3) is 18.8. The Kier molecular flexibility index (Phi) is 25.8. The van der Waals surface area contributed by atoms with Gasteiger partial charge in [0.15, 0.2) is 0 Å². The Balaban J connectivity index is 0.000000275. The van der Waals surface area contributed by atoms with Gasteiger partial charge in [-0.15, -0.1) is 0 Å². The molecule has 3 fully saturated rings. The Morgan fingerprint density at radius 2 is 0.644 bits per heavy atom. The topological polar surface area (TPSA) is 540 Å². The average Bonchev–Trinajstić information content (AvgIpc) is 3.34. The van der Waals surface area contributed by atoms with Gasteiger partial charge in [0.25, 0.3) is 0 Å². The fourth-order valence-corrected chi connectivity index (χ4v) is 9.64. The van der Waals surface area contributed by atoms with E-state index in [9.17, 15) is 88.6 Å². The third-order valence-corrected chi connectivity index (χ3v) is 14.0. The van der Waals surface area contributed by atoms with Crippen molar-refractivity contribution in [3.8, 4) is 34.5 Å². The number of ether oxygens (including phenoxy) is 3. The normalized spacial score (nSPS) is 18.4. The van der Waals surface area contributed by atoms with Crippen LogP contribution in [0.2, 0.25) is 19.0 Å². The molecule has 0 aromatic heterocycles. The summed E-state index contributed by atoms with van der Waals surface area (Å²) in [4.78, 5) is 107. The number of carboxylic acid groups (broad SMARTS) is 6. The number of rotatable bonds is 18. The number of aromatic carboxylic acids is 3. The molecule has 6 aliphatic heterocycles. The summed E-state index contributed by atoms with van der Waals surface area (Å²) in [6.45, 7) is -8.68. The summed E-state index contributed by atoms with van der Waals surface area (Å²) in [5.41, 5.74) is 17.2. The van der Waals surface area contributed by atoms with Crippen LogP contribution in [0.15, 0.2) is 36.4 Å². The van der Waals surface area contributed by atoms with Crippen LogP contribution in [0.25, 0.3) is 0 Å². The molecule has 33 nitrogen and oxygen atoms in total. The van der Waals surface area contributed by atoms with Gasteiger partial charge >= 0.3 is 145 Å². The molecule has 3 aromatic rings. The number of carbonyl (C=O) groups excluding carboxylic acids is 3. The van der Waals surface area contributed by atoms with Crippen LogP contribution in [-0.4, -0.2) is 225 Å². The molecule has 6 aliphatic rings. The van der Waals surface area contributed by atoms with Crippen molar-refractivity contribution in [3.63, 3.8) is 0 Å². The largest absolute Gasteiger partial charge is 1.00 e. The number of nitrogens with zero attached hydrogens (tertiary/aromatic N) is 3. The van der Waals surface area contributed by atoms with Crippen LogP contribution in [-0.2, 0) is 48.0 Å². The van der Waals surface area contributed by atoms with Gasteiger partial charge in [0.05, 0.1) is 93.9 Å². The Labute approximate surface area is 559 Å². The maximum atomic E-state index is 12.0. The summed E-state index contributed by atoms with van der Waals surface area (Å²) in [6.07, 6.45) is -2.39. The third-order valence-electron chi connectivity index (χ3n) is 14.0. The maximum absolute atomic E-state index is 12.0. The van der Waals surface area contributed by atoms with Crippen LogP contribution >= 0.6 is 0 Å². The van der Waals surface area contributed by atoms with Crippen molar-refractivity contribution in [1.82, 2.24) is 14.7 Å². The van der Waals surface area contributed by atoms with Crippen molar-refractivity contribution in [1.29, 1.82) is 0 Å². The number of amides is 3. The van der Waals surface area contributed by atoms with Gasteiger partial charge in [-0.25, -0.2) is 14.4 Å². The fourth-order valence-electron chi connectivity index (χ4n) is 9.64. The van der Waals surface area contributed by atoms with E-state index in [-0.39, 0.29) is 217 Å². The predicted molar refractivity (Wildman–Crippen MR) is 282 cm³/mol. The van der Waals surface area contributed by atoms with Crippen LogP contribution in [0.4, 0.5) is 0 Å². The van der Waals surface area contributed by atoms with E-state index in [0.717, 1.165) is 0 Å². The molecule has 3 atom stereocenters. The predicted octanol–water partition coefficient (Wildman–Crippen LogP) is -13.1. The van der Waals surface area contributed by atoms with Gasteiger partial charge in [-0.05, 0) is 54.2 Å². The molecule has 9 rings (SSSR count). The first kappa shape index (κ1) is 74.0. The summed E-state index contributed by atoms with van der Waals surface area (Å²) in [5.74, 6) is -9.66. The Hall–Kier alpha value is -5.48. The molecular formula is C48H60B3N6Na3O27. The molecule has 0 unspecified atom stereocenters. The number of likely N-dealkylation sites (tertiary alicyclic amines) is 3. The minimum absolute atomic E-state index is 0. The number of carbonyl (C=O) groups is 9. The summed E-state index contributed by atoms with van der Waals surface area (Å²) < 4.78 is 32.2. The van der Waals surface area contributed by atoms with Crippen LogP contribution < -0.4 is 134 Å².